The summed E-state index contributed by atoms with van der Waals surface area (Å²) in [5.41, 5.74) is 7.51. The first-order valence-corrected chi connectivity index (χ1v) is 6.83. The lowest BCUT2D eigenvalue weighted by molar-refractivity contribution is -0.125. The minimum atomic E-state index is 0.229. The molecule has 0 aromatic rings. The van der Waals surface area contributed by atoms with Gasteiger partial charge in [-0.15, -0.1) is 0 Å². The third kappa shape index (κ3) is 1.25. The van der Waals surface area contributed by atoms with Crippen LogP contribution in [0.25, 0.3) is 0 Å². The summed E-state index contributed by atoms with van der Waals surface area (Å²) in [6.45, 7) is 4.96. The van der Waals surface area contributed by atoms with Gasteiger partial charge in [0.05, 0.1) is 0 Å². The molecule has 0 aliphatic heterocycles. The van der Waals surface area contributed by atoms with Gasteiger partial charge in [-0.1, -0.05) is 26.7 Å². The van der Waals surface area contributed by atoms with Crippen molar-refractivity contribution in [1.82, 2.24) is 0 Å². The minimum absolute atomic E-state index is 0.229. The molecule has 0 heterocycles. The predicted molar refractivity (Wildman–Crippen MR) is 63.5 cm³/mol. The molecule has 2 bridgehead atoms. The second kappa shape index (κ2) is 3.00. The fourth-order valence-corrected chi connectivity index (χ4v) is 4.90. The first-order chi connectivity index (χ1) is 7.04. The molecule has 3 unspecified atom stereocenters. The lowest BCUT2D eigenvalue weighted by Gasteiger charge is -2.63. The number of hydrogen-bond donors (Lipinski definition) is 1. The predicted octanol–water partition coefficient (Wildman–Crippen LogP) is 3.33. The Morgan fingerprint density at radius 2 is 1.67 bits per heavy atom. The molecular formula is C14H25N. The van der Waals surface area contributed by atoms with E-state index in [0.717, 1.165) is 17.8 Å². The summed E-state index contributed by atoms with van der Waals surface area (Å²) >= 11 is 0. The van der Waals surface area contributed by atoms with Gasteiger partial charge in [-0.3, -0.25) is 0 Å². The summed E-state index contributed by atoms with van der Waals surface area (Å²) in [6, 6.07) is 0. The fourth-order valence-electron chi connectivity index (χ4n) is 4.90. The average Bonchev–Trinajstić information content (AvgIpc) is 2.66. The largest absolute Gasteiger partial charge is 0.325 e. The average molecular weight is 207 g/mol. The molecule has 4 saturated carbocycles. The van der Waals surface area contributed by atoms with Crippen molar-refractivity contribution < 1.29 is 0 Å². The highest BCUT2D eigenvalue weighted by Gasteiger charge is 2.58. The maximum Gasteiger partial charge on any atom is 0.0185 e. The van der Waals surface area contributed by atoms with Crippen LogP contribution in [-0.2, 0) is 0 Å². The van der Waals surface area contributed by atoms with E-state index in [4.69, 9.17) is 5.73 Å². The Balaban J connectivity index is 1.82. The Morgan fingerprint density at radius 3 is 2.20 bits per heavy atom. The van der Waals surface area contributed by atoms with Crippen molar-refractivity contribution in [3.63, 3.8) is 0 Å². The minimum Gasteiger partial charge on any atom is -0.325 e. The Kier molecular flexibility index (Phi) is 2.03. The Labute approximate surface area is 93.8 Å². The molecule has 4 fully saturated rings. The smallest absolute Gasteiger partial charge is 0.0185 e. The van der Waals surface area contributed by atoms with E-state index in [0.29, 0.717) is 5.41 Å². The molecule has 3 atom stereocenters. The van der Waals surface area contributed by atoms with Gasteiger partial charge >= 0.3 is 0 Å². The monoisotopic (exact) mass is 207 g/mol. The SMILES string of the molecule is CC1(C)C2CCC(C3(N)CCCC3)C1C2. The summed E-state index contributed by atoms with van der Waals surface area (Å²) in [5.74, 6) is 2.81. The van der Waals surface area contributed by atoms with Gasteiger partial charge in [0.25, 0.3) is 0 Å². The zero-order valence-electron chi connectivity index (χ0n) is 10.3. The van der Waals surface area contributed by atoms with E-state index in [1.165, 1.54) is 44.9 Å². The molecule has 0 aromatic heterocycles. The molecule has 0 spiro atoms. The van der Waals surface area contributed by atoms with Crippen LogP contribution in [0, 0.1) is 23.2 Å². The molecule has 1 nitrogen and oxygen atoms in total. The van der Waals surface area contributed by atoms with Gasteiger partial charge in [0.1, 0.15) is 0 Å². The van der Waals surface area contributed by atoms with Crippen LogP contribution in [0.1, 0.15) is 58.8 Å². The molecule has 2 N–H and O–H groups in total. The van der Waals surface area contributed by atoms with E-state index in [-0.39, 0.29) is 5.54 Å². The summed E-state index contributed by atoms with van der Waals surface area (Å²) in [7, 11) is 0. The van der Waals surface area contributed by atoms with Crippen LogP contribution in [0.15, 0.2) is 0 Å². The van der Waals surface area contributed by atoms with Gasteiger partial charge in [-0.25, -0.2) is 0 Å². The zero-order valence-corrected chi connectivity index (χ0v) is 10.3. The molecule has 0 radical (unpaired) electrons. The third-order valence-electron chi connectivity index (χ3n) is 6.13. The van der Waals surface area contributed by atoms with Gasteiger partial charge < -0.3 is 5.73 Å². The number of nitrogens with two attached hydrogens (primary N) is 1. The molecule has 0 saturated heterocycles. The molecule has 15 heavy (non-hydrogen) atoms. The van der Waals surface area contributed by atoms with Crippen LogP contribution in [0.2, 0.25) is 0 Å². The Bertz CT molecular complexity index is 261. The molecule has 0 aromatic carbocycles. The van der Waals surface area contributed by atoms with E-state index in [1.54, 1.807) is 0 Å². The lowest BCUT2D eigenvalue weighted by atomic mass is 9.43. The van der Waals surface area contributed by atoms with Crippen LogP contribution < -0.4 is 5.73 Å². The quantitative estimate of drug-likeness (QED) is 0.701. The van der Waals surface area contributed by atoms with Crippen molar-refractivity contribution >= 4 is 0 Å². The van der Waals surface area contributed by atoms with E-state index in [2.05, 4.69) is 13.8 Å². The molecule has 4 aliphatic carbocycles. The van der Waals surface area contributed by atoms with Gasteiger partial charge in [0.15, 0.2) is 0 Å². The first-order valence-electron chi connectivity index (χ1n) is 6.83. The van der Waals surface area contributed by atoms with Gasteiger partial charge in [-0.2, -0.15) is 0 Å². The van der Waals surface area contributed by atoms with Crippen molar-refractivity contribution in [3.05, 3.63) is 0 Å². The van der Waals surface area contributed by atoms with Crippen LogP contribution in [0.3, 0.4) is 0 Å². The van der Waals surface area contributed by atoms with E-state index >= 15 is 0 Å². The van der Waals surface area contributed by atoms with Crippen LogP contribution in [0.5, 0.6) is 0 Å². The molecule has 4 rings (SSSR count). The topological polar surface area (TPSA) is 26.0 Å². The lowest BCUT2D eigenvalue weighted by Crippen LogP contribution is -2.60. The van der Waals surface area contributed by atoms with Crippen molar-refractivity contribution in [2.75, 3.05) is 0 Å². The third-order valence-corrected chi connectivity index (χ3v) is 6.13. The molecule has 4 aliphatic rings. The number of rotatable bonds is 1. The highest BCUT2D eigenvalue weighted by molar-refractivity contribution is 5.10. The van der Waals surface area contributed by atoms with E-state index < -0.39 is 0 Å². The molecular weight excluding hydrogens is 182 g/mol. The highest BCUT2D eigenvalue weighted by atomic mass is 14.8. The number of fused-ring (bicyclic) bond motifs is 2. The maximum absolute atomic E-state index is 6.67. The van der Waals surface area contributed by atoms with Crippen molar-refractivity contribution in [2.24, 2.45) is 28.9 Å². The zero-order chi connectivity index (χ0) is 10.7. The van der Waals surface area contributed by atoms with Gasteiger partial charge in [0, 0.05) is 5.54 Å². The summed E-state index contributed by atoms with van der Waals surface area (Å²) in [4.78, 5) is 0. The molecule has 86 valence electrons. The van der Waals surface area contributed by atoms with Crippen molar-refractivity contribution in [1.29, 1.82) is 0 Å². The normalized spacial score (nSPS) is 46.2. The van der Waals surface area contributed by atoms with Crippen LogP contribution >= 0.6 is 0 Å². The van der Waals surface area contributed by atoms with Gasteiger partial charge in [-0.05, 0) is 55.3 Å². The standard InChI is InChI=1S/C14H25N/c1-13(2)10-5-6-11(12(13)9-10)14(15)7-3-4-8-14/h10-12H,3-9,15H2,1-2H3. The fraction of sp³-hybridized carbons (Fsp3) is 1.00. The second-order valence-electron chi connectivity index (χ2n) is 6.98. The molecule has 0 amide bonds. The van der Waals surface area contributed by atoms with Gasteiger partial charge in [0.2, 0.25) is 0 Å². The molecule has 1 heteroatoms. The summed E-state index contributed by atoms with van der Waals surface area (Å²) < 4.78 is 0. The number of hydrogen-bond acceptors (Lipinski definition) is 1. The van der Waals surface area contributed by atoms with E-state index in [1.807, 2.05) is 0 Å². The van der Waals surface area contributed by atoms with Crippen molar-refractivity contribution in [3.8, 4) is 0 Å². The Morgan fingerprint density at radius 1 is 1.00 bits per heavy atom. The van der Waals surface area contributed by atoms with E-state index in [9.17, 15) is 0 Å². The Hall–Kier alpha value is -0.0400. The van der Waals surface area contributed by atoms with Crippen LogP contribution in [0.4, 0.5) is 0 Å². The van der Waals surface area contributed by atoms with Crippen molar-refractivity contribution in [2.45, 2.75) is 64.3 Å². The summed E-state index contributed by atoms with van der Waals surface area (Å²) in [5, 5.41) is 0. The van der Waals surface area contributed by atoms with Crippen LogP contribution in [-0.4, -0.2) is 5.54 Å². The summed E-state index contributed by atoms with van der Waals surface area (Å²) in [6.07, 6.45) is 9.72. The second-order valence-corrected chi connectivity index (χ2v) is 6.98. The first kappa shape index (κ1) is 10.1. The highest BCUT2D eigenvalue weighted by Crippen LogP contribution is 2.64. The maximum atomic E-state index is 6.67.